The van der Waals surface area contributed by atoms with Gasteiger partial charge in [0.25, 0.3) is 10.7 Å². The average molecular weight is 638 g/mol. The number of rotatable bonds is 12. The number of ketones is 2. The van der Waals surface area contributed by atoms with Crippen molar-refractivity contribution in [3.8, 4) is 11.8 Å². The number of Topliss-reactive ketones (excluding diaryl/α,β-unsaturated/α-hetero) is 2. The predicted molar refractivity (Wildman–Crippen MR) is 151 cm³/mol. The summed E-state index contributed by atoms with van der Waals surface area (Å²) < 4.78 is 48.3. The van der Waals surface area contributed by atoms with Gasteiger partial charge in [-0.25, -0.2) is 18.5 Å². The van der Waals surface area contributed by atoms with E-state index in [1.807, 2.05) is 0 Å². The van der Waals surface area contributed by atoms with Gasteiger partial charge in [0.15, 0.2) is 0 Å². The third-order valence-electron chi connectivity index (χ3n) is 7.11. The van der Waals surface area contributed by atoms with Crippen molar-refractivity contribution in [3.63, 3.8) is 0 Å². The zero-order valence-electron chi connectivity index (χ0n) is 23.7. The van der Waals surface area contributed by atoms with Gasteiger partial charge in [0.1, 0.15) is 47.1 Å². The second-order valence-corrected chi connectivity index (χ2v) is 13.0. The number of aryl methyl sites for hydroxylation is 2. The zero-order chi connectivity index (χ0) is 31.7. The summed E-state index contributed by atoms with van der Waals surface area (Å²) in [5.74, 6) is -0.877. The summed E-state index contributed by atoms with van der Waals surface area (Å²) in [7, 11) is -4.23. The van der Waals surface area contributed by atoms with E-state index in [2.05, 4.69) is 15.1 Å². The quantitative estimate of drug-likeness (QED) is 0.219. The largest absolute Gasteiger partial charge is 0.424 e. The molecule has 2 aromatic heterocycles. The van der Waals surface area contributed by atoms with Gasteiger partial charge in [-0.05, 0) is 38.8 Å². The molecule has 0 saturated carbocycles. The molecule has 2 unspecified atom stereocenters. The first-order valence-corrected chi connectivity index (χ1v) is 15.4. The first-order chi connectivity index (χ1) is 20.1. The van der Waals surface area contributed by atoms with Crippen molar-refractivity contribution >= 4 is 36.4 Å². The van der Waals surface area contributed by atoms with Gasteiger partial charge >= 0.3 is 7.60 Å². The lowest BCUT2D eigenvalue weighted by Gasteiger charge is -2.28. The molecule has 3 aromatic rings. The molecule has 1 aromatic carbocycles. The van der Waals surface area contributed by atoms with Gasteiger partial charge in [0.2, 0.25) is 11.2 Å². The minimum atomic E-state index is -4.23. The molecule has 0 aliphatic carbocycles. The van der Waals surface area contributed by atoms with Crippen LogP contribution in [0.2, 0.25) is 0 Å². The molecule has 1 aliphatic rings. The van der Waals surface area contributed by atoms with Crippen molar-refractivity contribution in [3.05, 3.63) is 57.9 Å². The van der Waals surface area contributed by atoms with Gasteiger partial charge in [-0.2, -0.15) is 10.4 Å². The third-order valence-corrected chi connectivity index (χ3v) is 9.61. The number of aromatic nitrogens is 4. The second-order valence-electron chi connectivity index (χ2n) is 10.4. The number of hydrogen-bond donors (Lipinski definition) is 2. The smallest absolute Gasteiger partial charge is 0.380 e. The highest BCUT2D eigenvalue weighted by molar-refractivity contribution is 7.54. The number of nitrogens with zero attached hydrogens (tertiary/aromatic N) is 4. The minimum Gasteiger partial charge on any atom is -0.424 e. The Hall–Kier alpha value is -3.47. The van der Waals surface area contributed by atoms with Crippen molar-refractivity contribution in [1.82, 2.24) is 19.6 Å². The van der Waals surface area contributed by atoms with Crippen LogP contribution in [-0.2, 0) is 35.4 Å². The van der Waals surface area contributed by atoms with Crippen LogP contribution in [0.15, 0.2) is 35.3 Å². The average Bonchev–Trinajstić information content (AvgIpc) is 3.44. The predicted octanol–water partition coefficient (Wildman–Crippen LogP) is 3.14. The Kier molecular flexibility index (Phi) is 9.25. The molecule has 1 aliphatic heterocycles. The van der Waals surface area contributed by atoms with Crippen LogP contribution < -0.4 is 10.1 Å². The topological polar surface area (TPSA) is 186 Å². The molecule has 0 bridgehead atoms. The van der Waals surface area contributed by atoms with Crippen molar-refractivity contribution in [2.24, 2.45) is 5.92 Å². The molecular weight excluding hydrogens is 608 g/mol. The van der Waals surface area contributed by atoms with E-state index in [-0.39, 0.29) is 53.5 Å². The number of nitrogens with one attached hydrogen (secondary N) is 1. The molecule has 230 valence electrons. The van der Waals surface area contributed by atoms with Gasteiger partial charge in [-0.3, -0.25) is 14.1 Å². The van der Waals surface area contributed by atoms with Crippen LogP contribution in [0.4, 0.5) is 4.39 Å². The fraction of sp³-hybridized carbons (Fsp3) is 0.481. The van der Waals surface area contributed by atoms with Crippen LogP contribution in [0, 0.1) is 24.2 Å². The van der Waals surface area contributed by atoms with Gasteiger partial charge in [-0.15, -0.1) is 0 Å². The molecule has 3 heterocycles. The van der Waals surface area contributed by atoms with Crippen molar-refractivity contribution in [1.29, 1.82) is 5.26 Å². The zero-order valence-corrected chi connectivity index (χ0v) is 25.4. The SMILES string of the molecule is CC(=O)CCc1ccccc1OP(=O)(C[C@@H](C)C(C)=O)OC[C@H]1O[C@@](C#N)(c2cnc3c(=O)[nH]c(C)nn23)[C@@](F)(Cl)C1O. The summed E-state index contributed by atoms with van der Waals surface area (Å²) in [6, 6.07) is 8.19. The van der Waals surface area contributed by atoms with Crippen LogP contribution in [-0.4, -0.2) is 66.4 Å². The number of H-pyrrole nitrogens is 1. The van der Waals surface area contributed by atoms with Crippen LogP contribution in [0.1, 0.15) is 44.3 Å². The molecular formula is C27H30ClFN5O8P. The Morgan fingerprint density at radius 2 is 2.07 bits per heavy atom. The number of aliphatic hydroxyl groups excluding tert-OH is 1. The lowest BCUT2D eigenvalue weighted by atomic mass is 9.93. The van der Waals surface area contributed by atoms with E-state index in [0.717, 1.165) is 10.7 Å². The van der Waals surface area contributed by atoms with Gasteiger partial charge < -0.3 is 24.1 Å². The van der Waals surface area contributed by atoms with E-state index in [9.17, 15) is 29.3 Å². The number of aliphatic hydroxyl groups is 1. The number of fused-ring (bicyclic) bond motifs is 1. The molecule has 13 nitrogen and oxygen atoms in total. The summed E-state index contributed by atoms with van der Waals surface area (Å²) in [4.78, 5) is 42.2. The summed E-state index contributed by atoms with van der Waals surface area (Å²) in [5, 5.41) is 21.8. The Morgan fingerprint density at radius 3 is 2.72 bits per heavy atom. The van der Waals surface area contributed by atoms with Crippen LogP contribution in [0.3, 0.4) is 0 Å². The highest BCUT2D eigenvalue weighted by Gasteiger charge is 2.69. The number of carbonyl (C=O) groups excluding carboxylic acids is 2. The summed E-state index contributed by atoms with van der Waals surface area (Å²) in [6.45, 7) is 4.95. The number of alkyl halides is 2. The monoisotopic (exact) mass is 637 g/mol. The van der Waals surface area contributed by atoms with E-state index in [4.69, 9.17) is 25.4 Å². The molecule has 0 radical (unpaired) electrons. The fourth-order valence-electron chi connectivity index (χ4n) is 4.59. The molecule has 0 amide bonds. The Labute approximate surface area is 250 Å². The Morgan fingerprint density at radius 1 is 1.37 bits per heavy atom. The summed E-state index contributed by atoms with van der Waals surface area (Å²) >= 11 is 6.15. The normalized spacial score (nSPS) is 25.6. The maximum atomic E-state index is 16.1. The Balaban J connectivity index is 1.66. The number of imidazole rings is 1. The van der Waals surface area contributed by atoms with Crippen LogP contribution >= 0.6 is 19.2 Å². The van der Waals surface area contributed by atoms with E-state index >= 15 is 4.39 Å². The summed E-state index contributed by atoms with van der Waals surface area (Å²) in [6.07, 6.45) is -2.79. The Bertz CT molecular complexity index is 1700. The van der Waals surface area contributed by atoms with Gasteiger partial charge in [0, 0.05) is 12.3 Å². The van der Waals surface area contributed by atoms with Crippen molar-refractivity contribution in [2.75, 3.05) is 12.8 Å². The van der Waals surface area contributed by atoms with Crippen molar-refractivity contribution in [2.45, 2.75) is 63.5 Å². The first-order valence-electron chi connectivity index (χ1n) is 13.2. The van der Waals surface area contributed by atoms with Crippen molar-refractivity contribution < 1.29 is 37.4 Å². The molecule has 1 saturated heterocycles. The number of benzene rings is 1. The number of carbonyl (C=O) groups is 2. The number of halogens is 2. The lowest BCUT2D eigenvalue weighted by molar-refractivity contribution is -0.120. The first kappa shape index (κ1) is 32.4. The van der Waals surface area contributed by atoms with E-state index in [1.165, 1.54) is 33.8 Å². The molecule has 4 rings (SSSR count). The number of aromatic amines is 1. The fourth-order valence-corrected chi connectivity index (χ4v) is 6.93. The standard InChI is InChI=1S/C27H30ClFN5O8P/c1-15(17(3)36)13-43(39,42-20-8-6-5-7-19(20)10-9-16(2)35)40-12-21-23(37)27(28,29)26(14-30,41-21)22-11-31-24-25(38)32-18(4)33-34(22)24/h5-8,11,15,21,23,37H,9-10,12-13H2,1-4H3,(H,32,33,38)/t15-,21-,23?,26+,27-,43?/m1/s1. The highest BCUT2D eigenvalue weighted by atomic mass is 35.5. The third kappa shape index (κ3) is 6.27. The molecule has 16 heteroatoms. The molecule has 0 spiro atoms. The maximum absolute atomic E-state index is 16.1. The number of nitriles is 1. The highest BCUT2D eigenvalue weighted by Crippen LogP contribution is 2.55. The maximum Gasteiger partial charge on any atom is 0.380 e. The lowest BCUT2D eigenvalue weighted by Crippen LogP contribution is -2.46. The molecule has 2 N–H and O–H groups in total. The summed E-state index contributed by atoms with van der Waals surface area (Å²) in [5.41, 5.74) is -3.50. The molecule has 1 fully saturated rings. The van der Waals surface area contributed by atoms with Crippen LogP contribution in [0.25, 0.3) is 5.65 Å². The number of para-hydroxylation sites is 1. The number of ether oxygens (including phenoxy) is 1. The van der Waals surface area contributed by atoms with E-state index in [1.54, 1.807) is 24.3 Å². The van der Waals surface area contributed by atoms with Gasteiger partial charge in [0.05, 0.1) is 19.0 Å². The number of hydrogen-bond acceptors (Lipinski definition) is 11. The van der Waals surface area contributed by atoms with Gasteiger partial charge in [-0.1, -0.05) is 36.7 Å². The molecule has 43 heavy (non-hydrogen) atoms. The van der Waals surface area contributed by atoms with E-state index < -0.39 is 48.6 Å². The second kappa shape index (κ2) is 12.3. The molecule has 6 atom stereocenters. The van der Waals surface area contributed by atoms with E-state index in [0.29, 0.717) is 5.56 Å². The minimum absolute atomic E-state index is 0.0653. The van der Waals surface area contributed by atoms with Crippen LogP contribution in [0.5, 0.6) is 5.75 Å².